The first-order valence-electron chi connectivity index (χ1n) is 5.27. The molecule has 1 aliphatic heterocycles. The Bertz CT molecular complexity index is 403. The zero-order valence-corrected chi connectivity index (χ0v) is 9.23. The molecule has 0 radical (unpaired) electrons. The molecule has 1 aromatic rings. The van der Waals surface area contributed by atoms with E-state index in [-0.39, 0.29) is 12.4 Å². The van der Waals surface area contributed by atoms with Gasteiger partial charge >= 0.3 is 0 Å². The Kier molecular flexibility index (Phi) is 3.22. The highest BCUT2D eigenvalue weighted by molar-refractivity contribution is 6.00. The number of nitrogens with two attached hydrogens (primary N) is 1. The molecule has 2 rings (SSSR count). The van der Waals surface area contributed by atoms with Gasteiger partial charge in [-0.1, -0.05) is 0 Å². The maximum absolute atomic E-state index is 11.9. The van der Waals surface area contributed by atoms with Gasteiger partial charge in [0.1, 0.15) is 5.75 Å². The summed E-state index contributed by atoms with van der Waals surface area (Å²) in [6.07, 6.45) is 0.857. The van der Waals surface area contributed by atoms with Crippen LogP contribution in [-0.4, -0.2) is 32.1 Å². The van der Waals surface area contributed by atoms with E-state index in [1.165, 1.54) is 7.11 Å². The Hall–Kier alpha value is -1.39. The molecule has 0 amide bonds. The van der Waals surface area contributed by atoms with E-state index in [4.69, 9.17) is 15.2 Å². The average Bonchev–Trinajstić information content (AvgIpc) is 2.75. The number of carbonyl (C=O) groups is 1. The third-order valence-electron chi connectivity index (χ3n) is 2.66. The van der Waals surface area contributed by atoms with Gasteiger partial charge in [0.15, 0.2) is 5.78 Å². The number of benzene rings is 1. The number of carbonyl (C=O) groups excluding carboxylic acids is 1. The lowest BCUT2D eigenvalue weighted by Gasteiger charge is -2.09. The van der Waals surface area contributed by atoms with E-state index < -0.39 is 6.04 Å². The van der Waals surface area contributed by atoms with E-state index >= 15 is 0 Å². The van der Waals surface area contributed by atoms with Crippen molar-refractivity contribution in [3.63, 3.8) is 0 Å². The number of ether oxygens (including phenoxy) is 2. The second-order valence-corrected chi connectivity index (χ2v) is 3.85. The molecule has 1 heterocycles. The van der Waals surface area contributed by atoms with Crippen molar-refractivity contribution in [2.24, 2.45) is 5.73 Å². The second-order valence-electron chi connectivity index (χ2n) is 3.85. The SMILES string of the molecule is COCC(N)C(=O)c1ccc2c(c1)CCO2. The highest BCUT2D eigenvalue weighted by Gasteiger charge is 2.19. The Morgan fingerprint density at radius 2 is 2.44 bits per heavy atom. The molecule has 0 fully saturated rings. The van der Waals surface area contributed by atoms with Crippen LogP contribution in [0.15, 0.2) is 18.2 Å². The zero-order valence-electron chi connectivity index (χ0n) is 9.23. The van der Waals surface area contributed by atoms with Gasteiger partial charge in [0.25, 0.3) is 0 Å². The van der Waals surface area contributed by atoms with Crippen molar-refractivity contribution in [1.29, 1.82) is 0 Å². The molecule has 2 N–H and O–H groups in total. The third kappa shape index (κ3) is 2.08. The van der Waals surface area contributed by atoms with E-state index in [0.29, 0.717) is 12.2 Å². The Morgan fingerprint density at radius 3 is 3.19 bits per heavy atom. The fourth-order valence-corrected chi connectivity index (χ4v) is 1.81. The largest absolute Gasteiger partial charge is 0.493 e. The average molecular weight is 221 g/mol. The first-order valence-corrected chi connectivity index (χ1v) is 5.27. The van der Waals surface area contributed by atoms with Crippen LogP contribution in [0.2, 0.25) is 0 Å². The van der Waals surface area contributed by atoms with Gasteiger partial charge in [0.2, 0.25) is 0 Å². The first kappa shape index (κ1) is 11.1. The number of fused-ring (bicyclic) bond motifs is 1. The summed E-state index contributed by atoms with van der Waals surface area (Å²) < 4.78 is 10.2. The van der Waals surface area contributed by atoms with Crippen molar-refractivity contribution in [3.8, 4) is 5.75 Å². The van der Waals surface area contributed by atoms with Crippen molar-refractivity contribution in [1.82, 2.24) is 0 Å². The van der Waals surface area contributed by atoms with E-state index in [2.05, 4.69) is 0 Å². The van der Waals surface area contributed by atoms with Crippen molar-refractivity contribution in [3.05, 3.63) is 29.3 Å². The van der Waals surface area contributed by atoms with Gasteiger partial charge in [0, 0.05) is 19.1 Å². The molecule has 86 valence electrons. The zero-order chi connectivity index (χ0) is 11.5. The molecule has 0 aromatic heterocycles. The van der Waals surface area contributed by atoms with Crippen molar-refractivity contribution in [2.75, 3.05) is 20.3 Å². The highest BCUT2D eigenvalue weighted by Crippen LogP contribution is 2.26. The van der Waals surface area contributed by atoms with Crippen LogP contribution in [-0.2, 0) is 11.2 Å². The van der Waals surface area contributed by atoms with Crippen LogP contribution in [0.5, 0.6) is 5.75 Å². The smallest absolute Gasteiger partial charge is 0.181 e. The molecule has 0 aliphatic carbocycles. The van der Waals surface area contributed by atoms with E-state index in [0.717, 1.165) is 17.7 Å². The van der Waals surface area contributed by atoms with Gasteiger partial charge in [-0.05, 0) is 23.8 Å². The van der Waals surface area contributed by atoms with Crippen molar-refractivity contribution < 1.29 is 14.3 Å². The molecule has 0 bridgehead atoms. The number of hydrogen-bond acceptors (Lipinski definition) is 4. The lowest BCUT2D eigenvalue weighted by molar-refractivity contribution is 0.0892. The molecular formula is C12H15NO3. The van der Waals surface area contributed by atoms with Gasteiger partial charge < -0.3 is 15.2 Å². The minimum Gasteiger partial charge on any atom is -0.493 e. The van der Waals surface area contributed by atoms with Gasteiger partial charge in [-0.25, -0.2) is 0 Å². The number of rotatable bonds is 4. The lowest BCUT2D eigenvalue weighted by Crippen LogP contribution is -2.34. The van der Waals surface area contributed by atoms with Gasteiger partial charge in [0.05, 0.1) is 19.3 Å². The number of ketones is 1. The quantitative estimate of drug-likeness (QED) is 0.763. The summed E-state index contributed by atoms with van der Waals surface area (Å²) in [7, 11) is 1.53. The number of Topliss-reactive ketones (excluding diaryl/α,β-unsaturated/α-hetero) is 1. The molecule has 0 spiro atoms. The summed E-state index contributed by atoms with van der Waals surface area (Å²) >= 11 is 0. The monoisotopic (exact) mass is 221 g/mol. The molecule has 1 aliphatic rings. The predicted octanol–water partition coefficient (Wildman–Crippen LogP) is 0.778. The van der Waals surface area contributed by atoms with Crippen LogP contribution < -0.4 is 10.5 Å². The Balaban J connectivity index is 2.18. The predicted molar refractivity (Wildman–Crippen MR) is 59.8 cm³/mol. The van der Waals surface area contributed by atoms with Gasteiger partial charge in [-0.3, -0.25) is 4.79 Å². The standard InChI is InChI=1S/C12H15NO3/c1-15-7-10(13)12(14)9-2-3-11-8(6-9)4-5-16-11/h2-3,6,10H,4-5,7,13H2,1H3. The third-order valence-corrected chi connectivity index (χ3v) is 2.66. The maximum atomic E-state index is 11.9. The number of hydrogen-bond donors (Lipinski definition) is 1. The summed E-state index contributed by atoms with van der Waals surface area (Å²) in [4.78, 5) is 11.9. The molecule has 4 nitrogen and oxygen atoms in total. The molecule has 4 heteroatoms. The Labute approximate surface area is 94.3 Å². The summed E-state index contributed by atoms with van der Waals surface area (Å²) in [5.74, 6) is 0.786. The molecule has 1 aromatic carbocycles. The highest BCUT2D eigenvalue weighted by atomic mass is 16.5. The molecule has 16 heavy (non-hydrogen) atoms. The van der Waals surface area contributed by atoms with Crippen LogP contribution in [0.4, 0.5) is 0 Å². The molecule has 1 unspecified atom stereocenters. The topological polar surface area (TPSA) is 61.5 Å². The van der Waals surface area contributed by atoms with E-state index in [1.807, 2.05) is 12.1 Å². The van der Waals surface area contributed by atoms with E-state index in [1.54, 1.807) is 6.07 Å². The fourth-order valence-electron chi connectivity index (χ4n) is 1.81. The summed E-state index contributed by atoms with van der Waals surface area (Å²) in [6, 6.07) is 4.85. The molecule has 0 saturated carbocycles. The van der Waals surface area contributed by atoms with Crippen LogP contribution in [0.1, 0.15) is 15.9 Å². The summed E-state index contributed by atoms with van der Waals surface area (Å²) in [5.41, 5.74) is 7.41. The van der Waals surface area contributed by atoms with Crippen molar-refractivity contribution in [2.45, 2.75) is 12.5 Å². The summed E-state index contributed by atoms with van der Waals surface area (Å²) in [5, 5.41) is 0. The Morgan fingerprint density at radius 1 is 1.62 bits per heavy atom. The maximum Gasteiger partial charge on any atom is 0.181 e. The van der Waals surface area contributed by atoms with E-state index in [9.17, 15) is 4.79 Å². The molecule has 0 saturated heterocycles. The van der Waals surface area contributed by atoms with Gasteiger partial charge in [-0.2, -0.15) is 0 Å². The molecular weight excluding hydrogens is 206 g/mol. The summed E-state index contributed by atoms with van der Waals surface area (Å²) in [6.45, 7) is 0.934. The minimum absolute atomic E-state index is 0.0865. The van der Waals surface area contributed by atoms with Gasteiger partial charge in [-0.15, -0.1) is 0 Å². The lowest BCUT2D eigenvalue weighted by atomic mass is 10.0. The number of methoxy groups -OCH3 is 1. The second kappa shape index (κ2) is 4.63. The van der Waals surface area contributed by atoms with Crippen LogP contribution in [0, 0.1) is 0 Å². The van der Waals surface area contributed by atoms with Crippen molar-refractivity contribution >= 4 is 5.78 Å². The van der Waals surface area contributed by atoms with Crippen LogP contribution in [0.3, 0.4) is 0 Å². The minimum atomic E-state index is -0.592. The fraction of sp³-hybridized carbons (Fsp3) is 0.417. The van der Waals surface area contributed by atoms with Crippen LogP contribution in [0.25, 0.3) is 0 Å². The first-order chi connectivity index (χ1) is 7.72. The normalized spacial score (nSPS) is 15.4. The molecule has 1 atom stereocenters. The van der Waals surface area contributed by atoms with Crippen LogP contribution >= 0.6 is 0 Å².